The molecule has 2 N–H and O–H groups in total. The lowest BCUT2D eigenvalue weighted by Gasteiger charge is -2.18. The molecule has 16 rings (SSSR count). The van der Waals surface area contributed by atoms with E-state index >= 15 is 0 Å². The zero-order chi connectivity index (χ0) is 73.8. The minimum absolute atomic E-state index is 0.0848. The van der Waals surface area contributed by atoms with Gasteiger partial charge in [-0.2, -0.15) is 0 Å². The minimum Gasteiger partial charge on any atom is -0.436 e. The summed E-state index contributed by atoms with van der Waals surface area (Å²) in [7, 11) is 1.72. The third kappa shape index (κ3) is 17.9. The monoisotopic (exact) mass is 1370 g/mol. The molecule has 0 aliphatic heterocycles. The van der Waals surface area contributed by atoms with Crippen LogP contribution in [-0.4, -0.2) is 34.5 Å². The van der Waals surface area contributed by atoms with Gasteiger partial charge in [-0.1, -0.05) is 245 Å². The number of fused-ring (bicyclic) bond motifs is 8. The molecule has 15 aromatic rings. The summed E-state index contributed by atoms with van der Waals surface area (Å²) in [4.78, 5) is 36.6. The second kappa shape index (κ2) is 30.3. The van der Waals surface area contributed by atoms with Crippen molar-refractivity contribution in [3.63, 3.8) is 0 Å². The summed E-state index contributed by atoms with van der Waals surface area (Å²) in [5.41, 5.74) is 24.3. The smallest absolute Gasteiger partial charge is 0.419 e. The molecule has 0 saturated heterocycles. The van der Waals surface area contributed by atoms with Gasteiger partial charge in [-0.15, -0.1) is 0 Å². The standard InChI is InChI=1S/C18H19NO.C17H18N2.C17H17NO.C16H21N.C12H15NO2.C12H13N/c1-12-7-5-6-8-14(12)17-19-15-11-13(18(2,3)4)9-10-16(15)20-17;1-17(2,3)13-9-10-14-15(11-13)19-16(18-14)12-7-5-4-6-8-12;1-17(2,3)13-9-10-15-14(11-13)18-16(19-15)12-7-5-4-6-8-12;1-16(2,3)11-8-9-13-12-6-4-5-7-14(12)17-15(13)10-11;1-12(2,3)8-5-6-10-9(7-8)13(4)11(14)15-10;1-9(2)12-7-10-5-3-4-6-11(10)8-13-12/h5-11H,1-4H3;4-11H,1-3H3,(H,18,19);4-11H,1-3H3;8-10,17H,4-7H2,1-3H3;5-7H,1-4H3;3-9H,1-2H3. The normalized spacial score (nSPS) is 12.6. The molecular formula is C92H103N7O4. The number of aromatic amines is 2. The fraction of sp³-hybridized carbons (Fsp3) is 0.315. The fourth-order valence-electron chi connectivity index (χ4n) is 12.5. The molecule has 0 spiro atoms. The van der Waals surface area contributed by atoms with Gasteiger partial charge < -0.3 is 23.2 Å². The van der Waals surface area contributed by atoms with Gasteiger partial charge in [0.05, 0.1) is 16.6 Å². The molecule has 11 nitrogen and oxygen atoms in total. The number of benzene rings is 9. The first kappa shape index (κ1) is 73.8. The second-order valence-electron chi connectivity index (χ2n) is 32.8. The Hall–Kier alpha value is -10.4. The predicted molar refractivity (Wildman–Crippen MR) is 431 cm³/mol. The summed E-state index contributed by atoms with van der Waals surface area (Å²) in [6, 6.07) is 70.7. The first-order chi connectivity index (χ1) is 48.7. The maximum Gasteiger partial charge on any atom is 0.419 e. The average Bonchev–Trinajstić information content (AvgIpc) is 1.66. The lowest BCUT2D eigenvalue weighted by atomic mass is 9.86. The number of aryl methyl sites for hydroxylation is 4. The Kier molecular flexibility index (Phi) is 21.7. The minimum atomic E-state index is -0.309. The van der Waals surface area contributed by atoms with E-state index in [0.717, 1.165) is 61.3 Å². The van der Waals surface area contributed by atoms with Gasteiger partial charge in [-0.05, 0) is 189 Å². The molecule has 0 atom stereocenters. The van der Waals surface area contributed by atoms with E-state index in [2.05, 4.69) is 258 Å². The van der Waals surface area contributed by atoms with Gasteiger partial charge in [0, 0.05) is 57.6 Å². The zero-order valence-corrected chi connectivity index (χ0v) is 64.0. The van der Waals surface area contributed by atoms with Gasteiger partial charge in [0.15, 0.2) is 16.7 Å². The van der Waals surface area contributed by atoms with E-state index in [0.29, 0.717) is 23.3 Å². The van der Waals surface area contributed by atoms with Crippen molar-refractivity contribution in [3.05, 3.63) is 273 Å². The summed E-state index contributed by atoms with van der Waals surface area (Å²) in [5, 5.41) is 3.95. The van der Waals surface area contributed by atoms with E-state index in [1.165, 1.54) is 96.7 Å². The molecule has 1 aliphatic rings. The van der Waals surface area contributed by atoms with Crippen LogP contribution in [0.3, 0.4) is 0 Å². The van der Waals surface area contributed by atoms with Crippen LogP contribution >= 0.6 is 0 Å². The Balaban J connectivity index is 0.000000125. The highest BCUT2D eigenvalue weighted by molar-refractivity contribution is 5.86. The van der Waals surface area contributed by atoms with Crippen molar-refractivity contribution in [1.82, 2.24) is 34.5 Å². The van der Waals surface area contributed by atoms with Crippen LogP contribution in [0.2, 0.25) is 0 Å². The number of hydrogen-bond acceptors (Lipinski definition) is 8. The number of pyridine rings is 1. The first-order valence-electron chi connectivity index (χ1n) is 36.3. The molecule has 9 aromatic carbocycles. The van der Waals surface area contributed by atoms with Crippen LogP contribution in [0.4, 0.5) is 0 Å². The number of oxazole rings is 3. The van der Waals surface area contributed by atoms with Crippen LogP contribution in [-0.2, 0) is 47.0 Å². The Labute approximate surface area is 608 Å². The summed E-state index contributed by atoms with van der Waals surface area (Å²) >= 11 is 0. The SMILES string of the molecule is CC(C)(C)c1ccc2c3c([nH]c2c1)CCCC3.CC(C)(C)c1ccc2nc(-c3ccccc3)[nH]c2c1.CC(C)(C)c1ccc2oc(-c3ccccc3)nc2c1.CC(C)c1cc2ccccc2cn1.Cc1ccccc1-c1nc2cc(C(C)(C)C)ccc2o1.Cn1c(=O)oc2ccc(C(C)(C)C)cc21. The average molecular weight is 1370 g/mol. The van der Waals surface area contributed by atoms with Crippen molar-refractivity contribution in [3.8, 4) is 34.3 Å². The zero-order valence-electron chi connectivity index (χ0n) is 64.0. The van der Waals surface area contributed by atoms with Crippen LogP contribution in [0.25, 0.3) is 100 Å². The van der Waals surface area contributed by atoms with E-state index in [4.69, 9.17) is 13.3 Å². The molecule has 0 amide bonds. The van der Waals surface area contributed by atoms with Crippen molar-refractivity contribution in [1.29, 1.82) is 0 Å². The van der Waals surface area contributed by atoms with Crippen molar-refractivity contribution in [2.45, 2.75) is 183 Å². The molecule has 0 unspecified atom stereocenters. The van der Waals surface area contributed by atoms with Crippen LogP contribution in [0.5, 0.6) is 0 Å². The molecule has 103 heavy (non-hydrogen) atoms. The lowest BCUT2D eigenvalue weighted by molar-refractivity contribution is 0.528. The van der Waals surface area contributed by atoms with E-state index in [-0.39, 0.29) is 32.8 Å². The maximum absolute atomic E-state index is 11.3. The quantitative estimate of drug-likeness (QED) is 0.177. The number of rotatable bonds is 4. The van der Waals surface area contributed by atoms with Crippen molar-refractivity contribution in [2.75, 3.05) is 0 Å². The molecule has 0 bridgehead atoms. The van der Waals surface area contributed by atoms with Crippen LogP contribution in [0, 0.1) is 6.92 Å². The number of nitrogens with zero attached hydrogens (tertiary/aromatic N) is 5. The maximum atomic E-state index is 11.3. The number of aromatic nitrogens is 7. The van der Waals surface area contributed by atoms with Gasteiger partial charge in [-0.3, -0.25) is 9.55 Å². The molecule has 0 fully saturated rings. The number of imidazole rings is 1. The molecule has 1 aliphatic carbocycles. The van der Waals surface area contributed by atoms with Crippen LogP contribution in [0.15, 0.2) is 230 Å². The van der Waals surface area contributed by atoms with Crippen molar-refractivity contribution >= 4 is 66.0 Å². The van der Waals surface area contributed by atoms with Crippen molar-refractivity contribution in [2.24, 2.45) is 7.05 Å². The third-order valence-electron chi connectivity index (χ3n) is 19.2. The molecule has 11 heteroatoms. The summed E-state index contributed by atoms with van der Waals surface area (Å²) in [6.07, 6.45) is 7.12. The topological polar surface area (TPSA) is 145 Å². The summed E-state index contributed by atoms with van der Waals surface area (Å²) in [5.74, 6) is 2.51. The van der Waals surface area contributed by atoms with Gasteiger partial charge >= 0.3 is 5.76 Å². The van der Waals surface area contributed by atoms with E-state index in [9.17, 15) is 4.79 Å². The summed E-state index contributed by atoms with van der Waals surface area (Å²) in [6.45, 7) is 39.6. The third-order valence-corrected chi connectivity index (χ3v) is 19.2. The number of hydrogen-bond donors (Lipinski definition) is 2. The van der Waals surface area contributed by atoms with E-state index in [1.807, 2.05) is 109 Å². The van der Waals surface area contributed by atoms with Crippen LogP contribution < -0.4 is 5.76 Å². The molecule has 6 heterocycles. The first-order valence-corrected chi connectivity index (χ1v) is 36.3. The predicted octanol–water partition coefficient (Wildman–Crippen LogP) is 24.6. The highest BCUT2D eigenvalue weighted by Gasteiger charge is 2.22. The van der Waals surface area contributed by atoms with Gasteiger partial charge in [-0.25, -0.2) is 19.7 Å². The van der Waals surface area contributed by atoms with Crippen LogP contribution in [0.1, 0.15) is 187 Å². The van der Waals surface area contributed by atoms with E-state index < -0.39 is 0 Å². The molecule has 6 aromatic heterocycles. The number of nitrogens with one attached hydrogen (secondary N) is 2. The Bertz CT molecular complexity index is 5320. The second-order valence-corrected chi connectivity index (χ2v) is 32.8. The van der Waals surface area contributed by atoms with Gasteiger partial charge in [0.25, 0.3) is 0 Å². The van der Waals surface area contributed by atoms with Gasteiger partial charge in [0.1, 0.15) is 16.9 Å². The number of H-pyrrole nitrogens is 2. The van der Waals surface area contributed by atoms with Gasteiger partial charge in [0.2, 0.25) is 11.8 Å². The summed E-state index contributed by atoms with van der Waals surface area (Å²) < 4.78 is 18.3. The largest absolute Gasteiger partial charge is 0.436 e. The fourth-order valence-corrected chi connectivity index (χ4v) is 12.5. The Morgan fingerprint density at radius 1 is 0.437 bits per heavy atom. The molecule has 530 valence electrons. The Morgan fingerprint density at radius 2 is 0.922 bits per heavy atom. The van der Waals surface area contributed by atoms with Crippen molar-refractivity contribution < 1.29 is 13.3 Å². The molecule has 0 saturated carbocycles. The lowest BCUT2D eigenvalue weighted by Crippen LogP contribution is -2.12. The molecular weight excluding hydrogens is 1270 g/mol. The van der Waals surface area contributed by atoms with E-state index in [1.54, 1.807) is 12.6 Å². The Morgan fingerprint density at radius 3 is 1.51 bits per heavy atom. The highest BCUT2D eigenvalue weighted by Crippen LogP contribution is 2.36. The molecule has 0 radical (unpaired) electrons. The highest BCUT2D eigenvalue weighted by atomic mass is 16.4.